The first-order valence-corrected chi connectivity index (χ1v) is 5.14. The summed E-state index contributed by atoms with van der Waals surface area (Å²) in [6, 6.07) is 10.2. The Balaban J connectivity index is 2.09. The van der Waals surface area contributed by atoms with Crippen molar-refractivity contribution >= 4 is 0 Å². The molecule has 0 unspecified atom stereocenters. The number of benzene rings is 1. The maximum atomic E-state index is 5.31. The van der Waals surface area contributed by atoms with Gasteiger partial charge in [-0.2, -0.15) is 5.10 Å². The van der Waals surface area contributed by atoms with Crippen molar-refractivity contribution in [3.63, 3.8) is 0 Å². The summed E-state index contributed by atoms with van der Waals surface area (Å²) in [7, 11) is 0. The van der Waals surface area contributed by atoms with E-state index in [9.17, 15) is 0 Å². The fraction of sp³-hybridized carbons (Fsp3) is 0.154. The molecule has 0 aliphatic rings. The summed E-state index contributed by atoms with van der Waals surface area (Å²) >= 11 is 0. The van der Waals surface area contributed by atoms with E-state index in [1.807, 2.05) is 29.1 Å². The molecule has 0 spiro atoms. The van der Waals surface area contributed by atoms with Crippen molar-refractivity contribution in [1.29, 1.82) is 0 Å². The van der Waals surface area contributed by atoms with E-state index in [0.717, 1.165) is 12.1 Å². The highest BCUT2D eigenvalue weighted by molar-refractivity contribution is 5.30. The third-order valence-electron chi connectivity index (χ3n) is 2.16. The first kappa shape index (κ1) is 10.5. The van der Waals surface area contributed by atoms with E-state index < -0.39 is 0 Å². The second-order valence-corrected chi connectivity index (χ2v) is 3.42. The molecular weight excluding hydrogens is 198 g/mol. The smallest absolute Gasteiger partial charge is 0.0659 e. The predicted molar refractivity (Wildman–Crippen MR) is 63.7 cm³/mol. The van der Waals surface area contributed by atoms with Crippen molar-refractivity contribution in [3.05, 3.63) is 53.9 Å². The van der Waals surface area contributed by atoms with Gasteiger partial charge in [0.25, 0.3) is 0 Å². The topological polar surface area (TPSA) is 43.8 Å². The van der Waals surface area contributed by atoms with Crippen LogP contribution in [0.15, 0.2) is 42.7 Å². The van der Waals surface area contributed by atoms with Gasteiger partial charge in [-0.1, -0.05) is 42.2 Å². The minimum absolute atomic E-state index is 0.379. The molecule has 0 amide bonds. The third kappa shape index (κ3) is 2.72. The van der Waals surface area contributed by atoms with Gasteiger partial charge < -0.3 is 5.73 Å². The number of rotatable bonds is 2. The molecule has 0 saturated carbocycles. The predicted octanol–water partition coefficient (Wildman–Crippen LogP) is 1.24. The van der Waals surface area contributed by atoms with Gasteiger partial charge >= 0.3 is 0 Å². The lowest BCUT2D eigenvalue weighted by molar-refractivity contribution is 0.687. The van der Waals surface area contributed by atoms with E-state index in [-0.39, 0.29) is 0 Å². The summed E-state index contributed by atoms with van der Waals surface area (Å²) in [5, 5.41) is 4.24. The molecule has 2 N–H and O–H groups in total. The zero-order valence-corrected chi connectivity index (χ0v) is 8.93. The van der Waals surface area contributed by atoms with Crippen LogP contribution in [0.3, 0.4) is 0 Å². The normalized spacial score (nSPS) is 9.56. The van der Waals surface area contributed by atoms with Crippen LogP contribution in [0, 0.1) is 11.8 Å². The Kier molecular flexibility index (Phi) is 3.37. The fourth-order valence-electron chi connectivity index (χ4n) is 1.44. The maximum Gasteiger partial charge on any atom is 0.0659 e. The Bertz CT molecular complexity index is 503. The number of nitrogens with zero attached hydrogens (tertiary/aromatic N) is 2. The average molecular weight is 211 g/mol. The first-order chi connectivity index (χ1) is 7.88. The van der Waals surface area contributed by atoms with Gasteiger partial charge in [-0.05, 0) is 5.56 Å². The van der Waals surface area contributed by atoms with E-state index in [4.69, 9.17) is 5.73 Å². The van der Waals surface area contributed by atoms with Crippen LogP contribution in [-0.4, -0.2) is 16.3 Å². The lowest BCUT2D eigenvalue weighted by Gasteiger charge is -2.00. The van der Waals surface area contributed by atoms with Gasteiger partial charge in [0.1, 0.15) is 0 Å². The molecule has 3 heteroatoms. The molecule has 0 bridgehead atoms. The largest absolute Gasteiger partial charge is 0.320 e. The van der Waals surface area contributed by atoms with Crippen LogP contribution in [0.5, 0.6) is 0 Å². The van der Waals surface area contributed by atoms with Crippen molar-refractivity contribution in [3.8, 4) is 11.8 Å². The van der Waals surface area contributed by atoms with Crippen molar-refractivity contribution < 1.29 is 0 Å². The van der Waals surface area contributed by atoms with Gasteiger partial charge in [0.15, 0.2) is 0 Å². The molecule has 16 heavy (non-hydrogen) atoms. The fourth-order valence-corrected chi connectivity index (χ4v) is 1.44. The van der Waals surface area contributed by atoms with Gasteiger partial charge in [0, 0.05) is 6.20 Å². The minimum Gasteiger partial charge on any atom is -0.320 e. The van der Waals surface area contributed by atoms with Gasteiger partial charge in [0.2, 0.25) is 0 Å². The first-order valence-electron chi connectivity index (χ1n) is 5.14. The molecule has 1 aromatic carbocycles. The maximum absolute atomic E-state index is 5.31. The zero-order valence-electron chi connectivity index (χ0n) is 8.93. The van der Waals surface area contributed by atoms with Gasteiger partial charge in [-0.15, -0.1) is 0 Å². The van der Waals surface area contributed by atoms with Crippen LogP contribution >= 0.6 is 0 Å². The molecule has 2 aromatic rings. The zero-order chi connectivity index (χ0) is 11.2. The second kappa shape index (κ2) is 5.15. The Morgan fingerprint density at radius 1 is 1.25 bits per heavy atom. The molecule has 0 radical (unpaired) electrons. The van der Waals surface area contributed by atoms with Crippen LogP contribution in [-0.2, 0) is 6.54 Å². The van der Waals surface area contributed by atoms with Crippen LogP contribution in [0.2, 0.25) is 0 Å². The molecule has 1 aromatic heterocycles. The summed E-state index contributed by atoms with van der Waals surface area (Å²) < 4.78 is 1.87. The Morgan fingerprint density at radius 3 is 2.81 bits per heavy atom. The van der Waals surface area contributed by atoms with Crippen molar-refractivity contribution in [2.45, 2.75) is 6.54 Å². The number of nitrogens with two attached hydrogens (primary N) is 1. The van der Waals surface area contributed by atoms with Gasteiger partial charge in [0.05, 0.1) is 24.8 Å². The molecule has 0 atom stereocenters. The lowest BCUT2D eigenvalue weighted by atomic mass is 10.2. The standard InChI is InChI=1S/C13H13N3/c14-8-4-7-13-9-15-16(11-13)10-12-5-2-1-3-6-12/h1-3,5-6,9,11H,8,10,14H2. The highest BCUT2D eigenvalue weighted by atomic mass is 15.3. The van der Waals surface area contributed by atoms with Gasteiger partial charge in [-0.3, -0.25) is 4.68 Å². The van der Waals surface area contributed by atoms with Crippen LogP contribution in [0.25, 0.3) is 0 Å². The Morgan fingerprint density at radius 2 is 2.06 bits per heavy atom. The van der Waals surface area contributed by atoms with E-state index in [1.54, 1.807) is 6.20 Å². The monoisotopic (exact) mass is 211 g/mol. The van der Waals surface area contributed by atoms with Crippen LogP contribution < -0.4 is 5.73 Å². The van der Waals surface area contributed by atoms with E-state index in [2.05, 4.69) is 29.1 Å². The molecule has 0 fully saturated rings. The summed E-state index contributed by atoms with van der Waals surface area (Å²) in [5.41, 5.74) is 7.44. The summed E-state index contributed by atoms with van der Waals surface area (Å²) in [4.78, 5) is 0. The molecule has 0 saturated heterocycles. The SMILES string of the molecule is NCC#Cc1cnn(Cc2ccccc2)c1. The number of aromatic nitrogens is 2. The molecule has 0 aliphatic heterocycles. The highest BCUT2D eigenvalue weighted by Crippen LogP contribution is 2.02. The number of hydrogen-bond acceptors (Lipinski definition) is 2. The minimum atomic E-state index is 0.379. The highest BCUT2D eigenvalue weighted by Gasteiger charge is 1.96. The van der Waals surface area contributed by atoms with Crippen LogP contribution in [0.4, 0.5) is 0 Å². The molecule has 1 heterocycles. The molecule has 3 nitrogen and oxygen atoms in total. The van der Waals surface area contributed by atoms with Crippen molar-refractivity contribution in [2.24, 2.45) is 5.73 Å². The van der Waals surface area contributed by atoms with E-state index in [0.29, 0.717) is 6.54 Å². The van der Waals surface area contributed by atoms with Gasteiger partial charge in [-0.25, -0.2) is 0 Å². The van der Waals surface area contributed by atoms with Crippen LogP contribution in [0.1, 0.15) is 11.1 Å². The molecule has 0 aliphatic carbocycles. The average Bonchev–Trinajstić information content (AvgIpc) is 2.75. The van der Waals surface area contributed by atoms with Crippen molar-refractivity contribution in [1.82, 2.24) is 9.78 Å². The quantitative estimate of drug-likeness (QED) is 0.759. The second-order valence-electron chi connectivity index (χ2n) is 3.42. The Labute approximate surface area is 94.9 Å². The van der Waals surface area contributed by atoms with E-state index in [1.165, 1.54) is 5.56 Å². The molecule has 2 rings (SSSR count). The number of hydrogen-bond donors (Lipinski definition) is 1. The Hall–Kier alpha value is -2.05. The van der Waals surface area contributed by atoms with E-state index >= 15 is 0 Å². The third-order valence-corrected chi connectivity index (χ3v) is 2.16. The summed E-state index contributed by atoms with van der Waals surface area (Å²) in [5.74, 6) is 5.76. The molecular formula is C13H13N3. The lowest BCUT2D eigenvalue weighted by Crippen LogP contribution is -1.99. The molecule has 80 valence electrons. The summed E-state index contributed by atoms with van der Waals surface area (Å²) in [6.45, 7) is 1.15. The van der Waals surface area contributed by atoms with Crippen molar-refractivity contribution in [2.75, 3.05) is 6.54 Å². The summed E-state index contributed by atoms with van der Waals surface area (Å²) in [6.07, 6.45) is 3.68.